The summed E-state index contributed by atoms with van der Waals surface area (Å²) >= 11 is 5.89. The summed E-state index contributed by atoms with van der Waals surface area (Å²) in [5.74, 6) is 0.281. The van der Waals surface area contributed by atoms with Crippen LogP contribution in [0.3, 0.4) is 0 Å². The molecule has 0 unspecified atom stereocenters. The number of rotatable bonds is 4. The summed E-state index contributed by atoms with van der Waals surface area (Å²) in [6.45, 7) is 9.75. The van der Waals surface area contributed by atoms with E-state index in [0.29, 0.717) is 23.7 Å². The maximum absolute atomic E-state index is 12.1. The molecule has 1 fully saturated rings. The van der Waals surface area contributed by atoms with E-state index < -0.39 is 0 Å². The quantitative estimate of drug-likeness (QED) is 0.922. The molecule has 22 heavy (non-hydrogen) atoms. The molecule has 2 atom stereocenters. The fraction of sp³-hybridized carbons (Fsp3) is 0.750. The molecule has 0 saturated carbocycles. The van der Waals surface area contributed by atoms with Gasteiger partial charge in [0.2, 0.25) is 11.1 Å². The van der Waals surface area contributed by atoms with Crippen molar-refractivity contribution in [2.24, 2.45) is 11.3 Å². The average molecular weight is 329 g/mol. The van der Waals surface area contributed by atoms with Crippen LogP contribution in [0.5, 0.6) is 0 Å². The predicted molar refractivity (Wildman–Crippen MR) is 84.9 cm³/mol. The Hall–Kier alpha value is -1.07. The Kier molecular flexibility index (Phi) is 5.50. The highest BCUT2D eigenvalue weighted by Gasteiger charge is 2.35. The number of aryl methyl sites for hydroxylation is 1. The average Bonchev–Trinajstić information content (AvgIpc) is 2.76. The number of hydrogen-bond acceptors (Lipinski definition) is 4. The van der Waals surface area contributed by atoms with Gasteiger partial charge in [-0.2, -0.15) is 0 Å². The van der Waals surface area contributed by atoms with Crippen molar-refractivity contribution in [1.29, 1.82) is 0 Å². The van der Waals surface area contributed by atoms with Gasteiger partial charge in [0, 0.05) is 24.6 Å². The van der Waals surface area contributed by atoms with Crippen molar-refractivity contribution in [2.75, 3.05) is 13.2 Å². The summed E-state index contributed by atoms with van der Waals surface area (Å²) in [5.41, 5.74) is 1.39. The van der Waals surface area contributed by atoms with Crippen LogP contribution in [0, 0.1) is 18.3 Å². The first kappa shape index (κ1) is 17.3. The first-order valence-electron chi connectivity index (χ1n) is 7.78. The number of hydrogen-bond donors (Lipinski definition) is 1. The number of carbonyl (C=O) groups is 1. The lowest BCUT2D eigenvalue weighted by molar-refractivity contribution is -0.122. The van der Waals surface area contributed by atoms with Crippen molar-refractivity contribution < 1.29 is 14.1 Å². The lowest BCUT2D eigenvalue weighted by Gasteiger charge is -2.40. The maximum Gasteiger partial charge on any atom is 0.229 e. The van der Waals surface area contributed by atoms with E-state index >= 15 is 0 Å². The molecule has 2 heterocycles. The van der Waals surface area contributed by atoms with Crippen LogP contribution in [0.25, 0.3) is 0 Å². The molecule has 0 spiro atoms. The van der Waals surface area contributed by atoms with Crippen molar-refractivity contribution >= 4 is 17.5 Å². The van der Waals surface area contributed by atoms with Crippen LogP contribution in [0.15, 0.2) is 4.52 Å². The van der Waals surface area contributed by atoms with Crippen LogP contribution in [-0.2, 0) is 16.0 Å². The van der Waals surface area contributed by atoms with E-state index in [4.69, 9.17) is 20.9 Å². The standard InChI is InChI=1S/C16H25ClN2O3/c1-10-12(15(17)22-19-10)8-13(20)18-9-11-6-5-7-21-14(11)16(2,3)4/h11,14H,5-9H2,1-4H3,(H,18,20)/t11-,14+/m0/s1. The zero-order valence-electron chi connectivity index (χ0n) is 13.7. The van der Waals surface area contributed by atoms with Crippen LogP contribution in [0.4, 0.5) is 0 Å². The predicted octanol–water partition coefficient (Wildman–Crippen LogP) is 3.14. The van der Waals surface area contributed by atoms with E-state index in [-0.39, 0.29) is 29.1 Å². The van der Waals surface area contributed by atoms with Crippen LogP contribution < -0.4 is 5.32 Å². The van der Waals surface area contributed by atoms with Gasteiger partial charge in [0.15, 0.2) is 0 Å². The third-order valence-corrected chi connectivity index (χ3v) is 4.43. The summed E-state index contributed by atoms with van der Waals surface area (Å²) < 4.78 is 10.8. The second-order valence-electron chi connectivity index (χ2n) is 7.06. The molecule has 0 aromatic carbocycles. The van der Waals surface area contributed by atoms with Gasteiger partial charge in [-0.3, -0.25) is 4.79 Å². The van der Waals surface area contributed by atoms with Gasteiger partial charge in [0.25, 0.3) is 0 Å². The van der Waals surface area contributed by atoms with Crippen LogP contribution in [0.1, 0.15) is 44.9 Å². The maximum atomic E-state index is 12.1. The minimum absolute atomic E-state index is 0.0635. The van der Waals surface area contributed by atoms with Crippen molar-refractivity contribution in [3.63, 3.8) is 0 Å². The van der Waals surface area contributed by atoms with E-state index in [1.165, 1.54) is 0 Å². The second kappa shape index (κ2) is 7.01. The van der Waals surface area contributed by atoms with Gasteiger partial charge >= 0.3 is 0 Å². The molecule has 1 amide bonds. The third kappa shape index (κ3) is 4.23. The molecule has 2 rings (SSSR count). The van der Waals surface area contributed by atoms with Gasteiger partial charge in [-0.25, -0.2) is 0 Å². The summed E-state index contributed by atoms with van der Waals surface area (Å²) in [7, 11) is 0. The molecule has 5 nitrogen and oxygen atoms in total. The Labute approximate surface area is 136 Å². The smallest absolute Gasteiger partial charge is 0.229 e. The van der Waals surface area contributed by atoms with E-state index in [1.807, 2.05) is 0 Å². The Morgan fingerprint density at radius 2 is 2.18 bits per heavy atom. The summed E-state index contributed by atoms with van der Waals surface area (Å²) in [4.78, 5) is 12.1. The highest BCUT2D eigenvalue weighted by Crippen LogP contribution is 2.33. The zero-order valence-corrected chi connectivity index (χ0v) is 14.5. The molecular formula is C16H25ClN2O3. The monoisotopic (exact) mass is 328 g/mol. The number of nitrogens with one attached hydrogen (secondary N) is 1. The molecule has 1 saturated heterocycles. The molecule has 1 aliphatic heterocycles. The SMILES string of the molecule is Cc1noc(Cl)c1CC(=O)NC[C@@H]1CCCO[C@H]1C(C)(C)C. The van der Waals surface area contributed by atoms with Gasteiger partial charge in [-0.05, 0) is 36.8 Å². The highest BCUT2D eigenvalue weighted by atomic mass is 35.5. The number of aromatic nitrogens is 1. The zero-order chi connectivity index (χ0) is 16.3. The molecular weight excluding hydrogens is 304 g/mol. The lowest BCUT2D eigenvalue weighted by atomic mass is 9.78. The Balaban J connectivity index is 1.90. The van der Waals surface area contributed by atoms with Gasteiger partial charge < -0.3 is 14.6 Å². The van der Waals surface area contributed by atoms with Crippen LogP contribution in [-0.4, -0.2) is 30.3 Å². The summed E-state index contributed by atoms with van der Waals surface area (Å²) in [6.07, 6.45) is 2.49. The molecule has 124 valence electrons. The number of carbonyl (C=O) groups excluding carboxylic acids is 1. The summed E-state index contributed by atoms with van der Waals surface area (Å²) in [6, 6.07) is 0. The minimum Gasteiger partial charge on any atom is -0.377 e. The Morgan fingerprint density at radius 1 is 1.45 bits per heavy atom. The van der Waals surface area contributed by atoms with Gasteiger partial charge in [0.05, 0.1) is 18.2 Å². The van der Waals surface area contributed by atoms with Crippen molar-refractivity contribution in [3.05, 3.63) is 16.5 Å². The first-order valence-corrected chi connectivity index (χ1v) is 8.15. The molecule has 0 radical (unpaired) electrons. The summed E-state index contributed by atoms with van der Waals surface area (Å²) in [5, 5.41) is 6.95. The largest absolute Gasteiger partial charge is 0.377 e. The minimum atomic E-state index is -0.0635. The molecule has 1 aromatic heterocycles. The van der Waals surface area contributed by atoms with Crippen LogP contribution in [0.2, 0.25) is 5.22 Å². The lowest BCUT2D eigenvalue weighted by Crippen LogP contribution is -2.45. The fourth-order valence-corrected chi connectivity index (χ4v) is 3.27. The van der Waals surface area contributed by atoms with Gasteiger partial charge in [-0.15, -0.1) is 0 Å². The highest BCUT2D eigenvalue weighted by molar-refractivity contribution is 6.29. The topological polar surface area (TPSA) is 64.4 Å². The van der Waals surface area contributed by atoms with Crippen molar-refractivity contribution in [3.8, 4) is 0 Å². The number of ether oxygens (including phenoxy) is 1. The molecule has 0 bridgehead atoms. The third-order valence-electron chi connectivity index (χ3n) is 4.13. The van der Waals surface area contributed by atoms with E-state index in [0.717, 1.165) is 19.4 Å². The molecule has 6 heteroatoms. The van der Waals surface area contributed by atoms with E-state index in [9.17, 15) is 4.79 Å². The molecule has 0 aliphatic carbocycles. The molecule has 1 N–H and O–H groups in total. The number of amides is 1. The fourth-order valence-electron chi connectivity index (χ4n) is 3.04. The van der Waals surface area contributed by atoms with Crippen molar-refractivity contribution in [2.45, 2.75) is 53.1 Å². The molecule has 1 aliphatic rings. The second-order valence-corrected chi connectivity index (χ2v) is 7.40. The van der Waals surface area contributed by atoms with Crippen molar-refractivity contribution in [1.82, 2.24) is 10.5 Å². The Bertz CT molecular complexity index is 502. The normalized spacial score (nSPS) is 22.6. The van der Waals surface area contributed by atoms with Gasteiger partial charge in [-0.1, -0.05) is 25.9 Å². The van der Waals surface area contributed by atoms with E-state index in [1.54, 1.807) is 6.92 Å². The first-order chi connectivity index (χ1) is 10.3. The van der Waals surface area contributed by atoms with Crippen LogP contribution >= 0.6 is 11.6 Å². The molecule has 1 aromatic rings. The number of nitrogens with zero attached hydrogens (tertiary/aromatic N) is 1. The Morgan fingerprint density at radius 3 is 2.77 bits per heavy atom. The van der Waals surface area contributed by atoms with Gasteiger partial charge in [0.1, 0.15) is 0 Å². The van der Waals surface area contributed by atoms with E-state index in [2.05, 4.69) is 31.2 Å². The number of halogens is 1.